The standard InChI is InChI=1S/C20H22N4OS/c1-11(2)25-18-9-6-12(10-17(18)22)19-23-24-20(26-19)15-5-3-4-14-13(15)7-8-16(14)21/h3-6,9-11,16H,7-8,21-22H2,1-2H3. The normalized spacial score (nSPS) is 16.1. The summed E-state index contributed by atoms with van der Waals surface area (Å²) in [7, 11) is 0. The lowest BCUT2D eigenvalue weighted by atomic mass is 10.0. The van der Waals surface area contributed by atoms with Crippen LogP contribution < -0.4 is 16.2 Å². The Kier molecular flexibility index (Phi) is 4.38. The molecule has 0 saturated carbocycles. The topological polar surface area (TPSA) is 87.0 Å². The van der Waals surface area contributed by atoms with E-state index in [1.54, 1.807) is 11.3 Å². The number of nitrogen functional groups attached to an aromatic ring is 1. The van der Waals surface area contributed by atoms with E-state index >= 15 is 0 Å². The molecule has 0 fully saturated rings. The van der Waals surface area contributed by atoms with Crippen LogP contribution in [0, 0.1) is 0 Å². The van der Waals surface area contributed by atoms with Crippen LogP contribution in [0.3, 0.4) is 0 Å². The van der Waals surface area contributed by atoms with E-state index in [2.05, 4.69) is 28.4 Å². The van der Waals surface area contributed by atoms with E-state index in [1.165, 1.54) is 11.1 Å². The maximum atomic E-state index is 6.20. The molecule has 0 aliphatic heterocycles. The molecule has 0 amide bonds. The predicted octanol–water partition coefficient (Wildman–Crippen LogP) is 4.19. The number of aromatic nitrogens is 2. The molecule has 0 saturated heterocycles. The highest BCUT2D eigenvalue weighted by Crippen LogP contribution is 2.39. The van der Waals surface area contributed by atoms with Crippen molar-refractivity contribution in [2.75, 3.05) is 5.73 Å². The first-order valence-corrected chi connectivity index (χ1v) is 9.62. The van der Waals surface area contributed by atoms with Crippen LogP contribution in [0.1, 0.15) is 37.4 Å². The van der Waals surface area contributed by atoms with E-state index in [1.807, 2.05) is 32.0 Å². The van der Waals surface area contributed by atoms with Crippen LogP contribution >= 0.6 is 11.3 Å². The molecule has 1 aliphatic carbocycles. The Hall–Kier alpha value is -2.44. The van der Waals surface area contributed by atoms with E-state index in [4.69, 9.17) is 16.2 Å². The van der Waals surface area contributed by atoms with Crippen molar-refractivity contribution in [1.82, 2.24) is 10.2 Å². The average Bonchev–Trinajstić information content (AvgIpc) is 3.24. The molecule has 0 radical (unpaired) electrons. The first kappa shape index (κ1) is 17.0. The Morgan fingerprint density at radius 2 is 1.96 bits per heavy atom. The third-order valence-electron chi connectivity index (χ3n) is 4.59. The van der Waals surface area contributed by atoms with E-state index in [0.29, 0.717) is 11.4 Å². The van der Waals surface area contributed by atoms with Crippen LogP contribution in [0.4, 0.5) is 5.69 Å². The Bertz CT molecular complexity index is 951. The number of nitrogens with two attached hydrogens (primary N) is 2. The van der Waals surface area contributed by atoms with Gasteiger partial charge in [0.2, 0.25) is 0 Å². The maximum Gasteiger partial charge on any atom is 0.148 e. The summed E-state index contributed by atoms with van der Waals surface area (Å²) >= 11 is 1.58. The molecule has 2 aromatic carbocycles. The largest absolute Gasteiger partial charge is 0.489 e. The van der Waals surface area contributed by atoms with Gasteiger partial charge in [0.25, 0.3) is 0 Å². The van der Waals surface area contributed by atoms with Crippen molar-refractivity contribution in [1.29, 1.82) is 0 Å². The molecule has 0 bridgehead atoms. The lowest BCUT2D eigenvalue weighted by Crippen LogP contribution is -2.07. The molecule has 5 nitrogen and oxygen atoms in total. The lowest BCUT2D eigenvalue weighted by Gasteiger charge is -2.12. The van der Waals surface area contributed by atoms with Crippen LogP contribution in [-0.2, 0) is 6.42 Å². The minimum Gasteiger partial charge on any atom is -0.489 e. The van der Waals surface area contributed by atoms with Gasteiger partial charge in [0.1, 0.15) is 15.8 Å². The number of hydrogen-bond acceptors (Lipinski definition) is 6. The number of anilines is 1. The number of hydrogen-bond donors (Lipinski definition) is 2. The van der Waals surface area contributed by atoms with Crippen LogP contribution in [0.5, 0.6) is 5.75 Å². The summed E-state index contributed by atoms with van der Waals surface area (Å²) in [6.07, 6.45) is 2.07. The molecule has 1 unspecified atom stereocenters. The number of fused-ring (bicyclic) bond motifs is 1. The molecule has 3 aromatic rings. The Morgan fingerprint density at radius 3 is 2.73 bits per heavy atom. The quantitative estimate of drug-likeness (QED) is 0.676. The van der Waals surface area contributed by atoms with Crippen molar-refractivity contribution < 1.29 is 4.74 Å². The number of nitrogens with zero attached hydrogens (tertiary/aromatic N) is 2. The second-order valence-corrected chi connectivity index (χ2v) is 7.83. The van der Waals surface area contributed by atoms with Crippen LogP contribution in [0.2, 0.25) is 0 Å². The molecule has 6 heteroatoms. The van der Waals surface area contributed by atoms with Gasteiger partial charge in [-0.3, -0.25) is 0 Å². The Balaban J connectivity index is 1.67. The highest BCUT2D eigenvalue weighted by molar-refractivity contribution is 7.17. The highest BCUT2D eigenvalue weighted by atomic mass is 32.1. The summed E-state index contributed by atoms with van der Waals surface area (Å²) < 4.78 is 5.70. The molecule has 134 valence electrons. The van der Waals surface area contributed by atoms with Gasteiger partial charge in [-0.1, -0.05) is 29.5 Å². The second-order valence-electron chi connectivity index (χ2n) is 6.85. The smallest absolute Gasteiger partial charge is 0.148 e. The van der Waals surface area contributed by atoms with E-state index in [9.17, 15) is 0 Å². The first-order valence-electron chi connectivity index (χ1n) is 8.80. The van der Waals surface area contributed by atoms with Crippen molar-refractivity contribution in [3.63, 3.8) is 0 Å². The summed E-state index contributed by atoms with van der Waals surface area (Å²) in [5, 5.41) is 10.6. The highest BCUT2D eigenvalue weighted by Gasteiger charge is 2.23. The second kappa shape index (κ2) is 6.70. The van der Waals surface area contributed by atoms with Gasteiger partial charge in [0.05, 0.1) is 11.8 Å². The molecular formula is C20H22N4OS. The fraction of sp³-hybridized carbons (Fsp3) is 0.300. The van der Waals surface area contributed by atoms with Crippen molar-refractivity contribution in [2.45, 2.75) is 38.8 Å². The first-order chi connectivity index (χ1) is 12.5. The molecule has 0 spiro atoms. The molecule has 1 aromatic heterocycles. The SMILES string of the molecule is CC(C)Oc1ccc(-c2nnc(-c3cccc4c3CCC4N)s2)cc1N. The van der Waals surface area contributed by atoms with Gasteiger partial charge >= 0.3 is 0 Å². The third kappa shape index (κ3) is 3.06. The lowest BCUT2D eigenvalue weighted by molar-refractivity contribution is 0.244. The van der Waals surface area contributed by atoms with Gasteiger partial charge in [-0.05, 0) is 56.0 Å². The van der Waals surface area contributed by atoms with E-state index in [-0.39, 0.29) is 12.1 Å². The number of rotatable bonds is 4. The summed E-state index contributed by atoms with van der Waals surface area (Å²) in [6.45, 7) is 3.96. The molecule has 1 atom stereocenters. The minimum atomic E-state index is 0.0860. The Morgan fingerprint density at radius 1 is 1.15 bits per heavy atom. The zero-order chi connectivity index (χ0) is 18.3. The third-order valence-corrected chi connectivity index (χ3v) is 5.60. The van der Waals surface area contributed by atoms with Crippen molar-refractivity contribution in [3.8, 4) is 26.9 Å². The monoisotopic (exact) mass is 366 g/mol. The van der Waals surface area contributed by atoms with Crippen molar-refractivity contribution >= 4 is 17.0 Å². The molecule has 4 N–H and O–H groups in total. The van der Waals surface area contributed by atoms with Crippen LogP contribution in [-0.4, -0.2) is 16.3 Å². The Labute approximate surface area is 157 Å². The minimum absolute atomic E-state index is 0.0860. The molecule has 1 heterocycles. The van der Waals surface area contributed by atoms with Gasteiger partial charge in [0, 0.05) is 17.2 Å². The number of ether oxygens (including phenoxy) is 1. The fourth-order valence-electron chi connectivity index (χ4n) is 3.38. The van der Waals surface area contributed by atoms with Gasteiger partial charge in [-0.2, -0.15) is 0 Å². The van der Waals surface area contributed by atoms with Crippen LogP contribution in [0.15, 0.2) is 36.4 Å². The van der Waals surface area contributed by atoms with Gasteiger partial charge < -0.3 is 16.2 Å². The molecule has 1 aliphatic rings. The predicted molar refractivity (Wildman–Crippen MR) is 106 cm³/mol. The maximum absolute atomic E-state index is 6.20. The van der Waals surface area contributed by atoms with Crippen LogP contribution in [0.25, 0.3) is 21.1 Å². The fourth-order valence-corrected chi connectivity index (χ4v) is 4.27. The molecule has 4 rings (SSSR count). The summed E-state index contributed by atoms with van der Waals surface area (Å²) in [4.78, 5) is 0. The molecule has 26 heavy (non-hydrogen) atoms. The van der Waals surface area contributed by atoms with Gasteiger partial charge in [-0.15, -0.1) is 10.2 Å². The zero-order valence-corrected chi connectivity index (χ0v) is 15.7. The zero-order valence-electron chi connectivity index (χ0n) is 14.9. The molecular weight excluding hydrogens is 344 g/mol. The van der Waals surface area contributed by atoms with E-state index in [0.717, 1.165) is 34.0 Å². The van der Waals surface area contributed by atoms with E-state index < -0.39 is 0 Å². The number of benzene rings is 2. The summed E-state index contributed by atoms with van der Waals surface area (Å²) in [6, 6.07) is 12.2. The van der Waals surface area contributed by atoms with Gasteiger partial charge in [0.15, 0.2) is 0 Å². The van der Waals surface area contributed by atoms with Gasteiger partial charge in [-0.25, -0.2) is 0 Å². The van der Waals surface area contributed by atoms with Crippen molar-refractivity contribution in [3.05, 3.63) is 47.5 Å². The average molecular weight is 366 g/mol. The summed E-state index contributed by atoms with van der Waals surface area (Å²) in [5.74, 6) is 0.698. The van der Waals surface area contributed by atoms with Crippen molar-refractivity contribution in [2.24, 2.45) is 5.73 Å². The summed E-state index contributed by atoms with van der Waals surface area (Å²) in [5.41, 5.74) is 17.6.